The lowest BCUT2D eigenvalue weighted by molar-refractivity contribution is -0.127. The van der Waals surface area contributed by atoms with E-state index in [4.69, 9.17) is 17.0 Å². The van der Waals surface area contributed by atoms with Crippen molar-refractivity contribution in [2.24, 2.45) is 5.92 Å². The molecule has 1 atom stereocenters. The Kier molecular flexibility index (Phi) is 8.93. The maximum atomic E-state index is 13.5. The number of hydrogen-bond acceptors (Lipinski definition) is 5. The van der Waals surface area contributed by atoms with Crippen molar-refractivity contribution in [3.8, 4) is 5.75 Å². The van der Waals surface area contributed by atoms with E-state index in [2.05, 4.69) is 40.5 Å². The van der Waals surface area contributed by atoms with Crippen molar-refractivity contribution in [3.63, 3.8) is 0 Å². The lowest BCUT2D eigenvalue weighted by Gasteiger charge is -2.34. The fraction of sp³-hybridized carbons (Fsp3) is 0.464. The number of benzene rings is 2. The number of ether oxygens (including phenoxy) is 1. The Morgan fingerprint density at radius 3 is 2.39 bits per heavy atom. The number of carbonyl (C=O) groups excluding carboxylic acids is 2. The minimum atomic E-state index is -0.596. The third-order valence-electron chi connectivity index (χ3n) is 7.13. The average molecular weight is 509 g/mol. The van der Waals surface area contributed by atoms with Crippen molar-refractivity contribution in [3.05, 3.63) is 60.2 Å². The third-order valence-corrected chi connectivity index (χ3v) is 7.55. The van der Waals surface area contributed by atoms with E-state index in [9.17, 15) is 9.59 Å². The SMILES string of the molecule is CCNC(=O)CC1C(=O)N(c2ccc(OC)cc2)C(=S)N1CCN1CCC(Cc2ccccc2)CC1. The van der Waals surface area contributed by atoms with Gasteiger partial charge in [-0.05, 0) is 87.2 Å². The Morgan fingerprint density at radius 1 is 1.06 bits per heavy atom. The summed E-state index contributed by atoms with van der Waals surface area (Å²) in [5.41, 5.74) is 2.10. The molecule has 192 valence electrons. The van der Waals surface area contributed by atoms with Crippen molar-refractivity contribution in [1.29, 1.82) is 0 Å². The molecule has 0 bridgehead atoms. The zero-order valence-electron chi connectivity index (χ0n) is 21.2. The zero-order valence-corrected chi connectivity index (χ0v) is 22.0. The minimum absolute atomic E-state index is 0.0959. The lowest BCUT2D eigenvalue weighted by Crippen LogP contribution is -2.45. The fourth-order valence-electron chi connectivity index (χ4n) is 5.11. The summed E-state index contributed by atoms with van der Waals surface area (Å²) in [5.74, 6) is 1.12. The number of anilines is 1. The molecule has 2 aromatic carbocycles. The van der Waals surface area contributed by atoms with E-state index in [0.717, 1.165) is 26.1 Å². The molecule has 2 aliphatic rings. The molecule has 36 heavy (non-hydrogen) atoms. The first-order chi connectivity index (χ1) is 17.5. The van der Waals surface area contributed by atoms with Crippen LogP contribution in [0.15, 0.2) is 54.6 Å². The van der Waals surface area contributed by atoms with Crippen LogP contribution in [0.5, 0.6) is 5.75 Å². The molecule has 2 heterocycles. The van der Waals surface area contributed by atoms with Gasteiger partial charge in [0.05, 0.1) is 19.2 Å². The van der Waals surface area contributed by atoms with Gasteiger partial charge in [-0.15, -0.1) is 0 Å². The Bertz CT molecular complexity index is 1040. The van der Waals surface area contributed by atoms with Crippen molar-refractivity contribution in [2.45, 2.75) is 38.6 Å². The molecule has 2 aliphatic heterocycles. The molecule has 2 aromatic rings. The van der Waals surface area contributed by atoms with Gasteiger partial charge < -0.3 is 19.9 Å². The summed E-state index contributed by atoms with van der Waals surface area (Å²) in [6.07, 6.45) is 3.56. The summed E-state index contributed by atoms with van der Waals surface area (Å²) in [6, 6.07) is 17.4. The quantitative estimate of drug-likeness (QED) is 0.496. The summed E-state index contributed by atoms with van der Waals surface area (Å²) in [5, 5.41) is 3.28. The van der Waals surface area contributed by atoms with Crippen LogP contribution in [0.25, 0.3) is 0 Å². The number of methoxy groups -OCH3 is 1. The van der Waals surface area contributed by atoms with Crippen LogP contribution in [0, 0.1) is 5.92 Å². The Balaban J connectivity index is 1.39. The van der Waals surface area contributed by atoms with Gasteiger partial charge in [0.2, 0.25) is 5.91 Å². The molecular weight excluding hydrogens is 472 g/mol. The predicted molar refractivity (Wildman–Crippen MR) is 146 cm³/mol. The monoisotopic (exact) mass is 508 g/mol. The van der Waals surface area contributed by atoms with Gasteiger partial charge >= 0.3 is 0 Å². The fourth-order valence-corrected chi connectivity index (χ4v) is 5.53. The van der Waals surface area contributed by atoms with Crippen molar-refractivity contribution >= 4 is 34.8 Å². The van der Waals surface area contributed by atoms with E-state index < -0.39 is 6.04 Å². The molecule has 2 saturated heterocycles. The average Bonchev–Trinajstić information content (AvgIpc) is 3.12. The highest BCUT2D eigenvalue weighted by Gasteiger charge is 2.44. The van der Waals surface area contributed by atoms with Crippen LogP contribution in [0.4, 0.5) is 5.69 Å². The van der Waals surface area contributed by atoms with E-state index >= 15 is 0 Å². The molecule has 1 N–H and O–H groups in total. The molecule has 0 aliphatic carbocycles. The summed E-state index contributed by atoms with van der Waals surface area (Å²) >= 11 is 5.78. The van der Waals surface area contributed by atoms with Crippen molar-refractivity contribution in [1.82, 2.24) is 15.1 Å². The molecule has 7 nitrogen and oxygen atoms in total. The number of thiocarbonyl (C=S) groups is 1. The smallest absolute Gasteiger partial charge is 0.256 e. The highest BCUT2D eigenvalue weighted by molar-refractivity contribution is 7.80. The summed E-state index contributed by atoms with van der Waals surface area (Å²) in [4.78, 5) is 31.8. The molecule has 0 radical (unpaired) electrons. The van der Waals surface area contributed by atoms with Crippen LogP contribution >= 0.6 is 12.2 Å². The summed E-state index contributed by atoms with van der Waals surface area (Å²) in [6.45, 7) is 5.91. The number of likely N-dealkylation sites (tertiary alicyclic amines) is 1. The summed E-state index contributed by atoms with van der Waals surface area (Å²) in [7, 11) is 1.61. The molecule has 0 aromatic heterocycles. The van der Waals surface area contributed by atoms with Crippen LogP contribution in [0.2, 0.25) is 0 Å². The van der Waals surface area contributed by atoms with Gasteiger partial charge in [-0.2, -0.15) is 0 Å². The van der Waals surface area contributed by atoms with Crippen LogP contribution < -0.4 is 15.0 Å². The number of nitrogens with one attached hydrogen (secondary N) is 1. The molecule has 2 amide bonds. The number of piperidine rings is 1. The Morgan fingerprint density at radius 2 is 1.75 bits per heavy atom. The maximum Gasteiger partial charge on any atom is 0.256 e. The van der Waals surface area contributed by atoms with Gasteiger partial charge in [-0.3, -0.25) is 14.5 Å². The van der Waals surface area contributed by atoms with E-state index in [1.165, 1.54) is 18.4 Å². The van der Waals surface area contributed by atoms with E-state index in [1.807, 2.05) is 36.1 Å². The van der Waals surface area contributed by atoms with Gasteiger partial charge in [-0.1, -0.05) is 30.3 Å². The topological polar surface area (TPSA) is 65.1 Å². The Hall–Kier alpha value is -2.97. The molecule has 0 spiro atoms. The first-order valence-electron chi connectivity index (χ1n) is 12.8. The number of rotatable bonds is 10. The predicted octanol–water partition coefficient (Wildman–Crippen LogP) is 3.48. The number of amides is 2. The first-order valence-corrected chi connectivity index (χ1v) is 13.2. The van der Waals surface area contributed by atoms with Gasteiger partial charge in [0, 0.05) is 19.6 Å². The van der Waals surface area contributed by atoms with Crippen LogP contribution in [-0.4, -0.2) is 72.6 Å². The minimum Gasteiger partial charge on any atom is -0.497 e. The molecule has 8 heteroatoms. The number of carbonyl (C=O) groups is 2. The van der Waals surface area contributed by atoms with Gasteiger partial charge in [0.15, 0.2) is 5.11 Å². The van der Waals surface area contributed by atoms with Crippen LogP contribution in [0.3, 0.4) is 0 Å². The Labute approximate surface area is 219 Å². The van der Waals surface area contributed by atoms with Crippen molar-refractivity contribution < 1.29 is 14.3 Å². The maximum absolute atomic E-state index is 13.5. The standard InChI is InChI=1S/C28H36N4O3S/c1-3-29-26(33)20-25-27(34)32(23-9-11-24(35-2)12-10-23)28(36)31(25)18-17-30-15-13-22(14-16-30)19-21-7-5-4-6-8-21/h4-12,22,25H,3,13-20H2,1-2H3,(H,29,33). The largest absolute Gasteiger partial charge is 0.497 e. The van der Waals surface area contributed by atoms with Crippen LogP contribution in [0.1, 0.15) is 31.7 Å². The van der Waals surface area contributed by atoms with Gasteiger partial charge in [-0.25, -0.2) is 0 Å². The summed E-state index contributed by atoms with van der Waals surface area (Å²) < 4.78 is 5.25. The lowest BCUT2D eigenvalue weighted by atomic mass is 9.90. The van der Waals surface area contributed by atoms with Gasteiger partial charge in [0.25, 0.3) is 5.91 Å². The first kappa shape index (κ1) is 26.1. The molecule has 0 saturated carbocycles. The van der Waals surface area contributed by atoms with E-state index in [0.29, 0.717) is 35.6 Å². The molecule has 4 rings (SSSR count). The molecule has 1 unspecified atom stereocenters. The normalized spacial score (nSPS) is 19.1. The van der Waals surface area contributed by atoms with Crippen LogP contribution in [-0.2, 0) is 16.0 Å². The second-order valence-electron chi connectivity index (χ2n) is 9.50. The second-order valence-corrected chi connectivity index (χ2v) is 9.86. The van der Waals surface area contributed by atoms with Crippen molar-refractivity contribution in [2.75, 3.05) is 44.7 Å². The van der Waals surface area contributed by atoms with E-state index in [-0.39, 0.29) is 18.2 Å². The second kappa shape index (κ2) is 12.3. The highest BCUT2D eigenvalue weighted by atomic mass is 32.1. The molecular formula is C28H36N4O3S. The third kappa shape index (κ3) is 6.23. The van der Waals surface area contributed by atoms with E-state index in [1.54, 1.807) is 12.0 Å². The number of nitrogens with zero attached hydrogens (tertiary/aromatic N) is 3. The highest BCUT2D eigenvalue weighted by Crippen LogP contribution is 2.29. The van der Waals surface area contributed by atoms with Gasteiger partial charge in [0.1, 0.15) is 11.8 Å². The number of hydrogen-bond donors (Lipinski definition) is 1. The zero-order chi connectivity index (χ0) is 25.5. The molecule has 2 fully saturated rings.